The molecule has 27 heavy (non-hydrogen) atoms. The van der Waals surface area contributed by atoms with Gasteiger partial charge in [0.05, 0.1) is 12.6 Å². The Morgan fingerprint density at radius 2 is 2.07 bits per heavy atom. The molecule has 1 aromatic rings. The molecule has 1 aliphatic heterocycles. The molecule has 1 atom stereocenters. The normalized spacial score (nSPS) is 19.5. The average Bonchev–Trinajstić information content (AvgIpc) is 2.53. The molecule has 0 bridgehead atoms. The number of likely N-dealkylation sites (tertiary alicyclic amines) is 1. The third-order valence-corrected chi connectivity index (χ3v) is 4.06. The number of carbonyl (C=O) groups excluding carboxylic acids is 2. The molecule has 2 amide bonds. The van der Waals surface area contributed by atoms with Crippen LogP contribution in [0.1, 0.15) is 44.1 Å². The fourth-order valence-electron chi connectivity index (χ4n) is 2.62. The Bertz CT molecular complexity index is 725. The molecule has 2 rings (SSSR count). The first-order chi connectivity index (χ1) is 12.4. The third-order valence-electron chi connectivity index (χ3n) is 3.85. The highest BCUT2D eigenvalue weighted by molar-refractivity contribution is 6.29. The Morgan fingerprint density at radius 3 is 2.70 bits per heavy atom. The largest absolute Gasteiger partial charge is 0.447 e. The van der Waals surface area contributed by atoms with Crippen molar-refractivity contribution in [2.75, 3.05) is 13.2 Å². The van der Waals surface area contributed by atoms with E-state index >= 15 is 0 Å². The third kappa shape index (κ3) is 5.98. The summed E-state index contributed by atoms with van der Waals surface area (Å²) in [4.78, 5) is 28.8. The Morgan fingerprint density at radius 1 is 1.41 bits per heavy atom. The number of aromatic nitrogens is 1. The number of piperidine rings is 1. The van der Waals surface area contributed by atoms with Crippen LogP contribution >= 0.6 is 11.6 Å². The maximum absolute atomic E-state index is 13.9. The second kappa shape index (κ2) is 7.92. The van der Waals surface area contributed by atoms with E-state index in [9.17, 15) is 22.8 Å². The maximum atomic E-state index is 13.9. The summed E-state index contributed by atoms with van der Waals surface area (Å²) < 4.78 is 46.7. The van der Waals surface area contributed by atoms with Crippen LogP contribution in [-0.4, -0.2) is 52.5 Å². The molecule has 0 aromatic carbocycles. The Balaban J connectivity index is 2.16. The Labute approximate surface area is 160 Å². The fraction of sp³-hybridized carbons (Fsp3) is 0.588. The van der Waals surface area contributed by atoms with Gasteiger partial charge in [0.2, 0.25) is 0 Å². The van der Waals surface area contributed by atoms with Crippen molar-refractivity contribution < 1.29 is 27.5 Å². The number of rotatable bonds is 3. The van der Waals surface area contributed by atoms with Crippen molar-refractivity contribution in [2.45, 2.75) is 51.1 Å². The molecule has 1 aromatic heterocycles. The molecular weight excluding hydrogens is 387 g/mol. The molecule has 1 saturated heterocycles. The molecule has 6 nitrogen and oxygen atoms in total. The van der Waals surface area contributed by atoms with Gasteiger partial charge in [-0.1, -0.05) is 11.6 Å². The highest BCUT2D eigenvalue weighted by atomic mass is 35.5. The maximum Gasteiger partial charge on any atom is 0.407 e. The number of pyridine rings is 1. The van der Waals surface area contributed by atoms with E-state index in [1.54, 1.807) is 20.8 Å². The molecule has 2 heterocycles. The van der Waals surface area contributed by atoms with Crippen LogP contribution in [0.4, 0.5) is 18.0 Å². The van der Waals surface area contributed by atoms with Crippen LogP contribution in [0.3, 0.4) is 0 Å². The van der Waals surface area contributed by atoms with Crippen LogP contribution in [0.25, 0.3) is 0 Å². The summed E-state index contributed by atoms with van der Waals surface area (Å²) in [5, 5.41) is 2.43. The molecule has 1 unspecified atom stereocenters. The standard InChI is InChI=1S/C17H21ClF3N3O3/c1-16(2,3)23-15(26)27-8-10-6-7-17(20,21)9-24(10)14(25)13-11(19)4-5-12(18)22-13/h4-5,10H,6-9H2,1-3H3,(H,23,26). The molecule has 1 fully saturated rings. The van der Waals surface area contributed by atoms with Crippen molar-refractivity contribution in [3.05, 3.63) is 28.8 Å². The van der Waals surface area contributed by atoms with Crippen LogP contribution in [0.5, 0.6) is 0 Å². The van der Waals surface area contributed by atoms with Gasteiger partial charge in [-0.3, -0.25) is 4.79 Å². The van der Waals surface area contributed by atoms with Gasteiger partial charge >= 0.3 is 6.09 Å². The molecule has 10 heteroatoms. The minimum atomic E-state index is -3.13. The van der Waals surface area contributed by atoms with Gasteiger partial charge in [0.15, 0.2) is 11.5 Å². The van der Waals surface area contributed by atoms with Gasteiger partial charge in [-0.05, 0) is 39.3 Å². The second-order valence-corrected chi connectivity index (χ2v) is 7.81. The van der Waals surface area contributed by atoms with E-state index in [0.717, 1.165) is 17.0 Å². The Hall–Kier alpha value is -2.03. The smallest absolute Gasteiger partial charge is 0.407 e. The van der Waals surface area contributed by atoms with Gasteiger partial charge in [0.25, 0.3) is 11.8 Å². The Kier molecular flexibility index (Phi) is 6.24. The molecule has 1 aliphatic rings. The highest BCUT2D eigenvalue weighted by Gasteiger charge is 2.43. The topological polar surface area (TPSA) is 71.5 Å². The number of halogens is 4. The zero-order valence-electron chi connectivity index (χ0n) is 15.2. The van der Waals surface area contributed by atoms with Crippen LogP contribution in [0.2, 0.25) is 5.15 Å². The lowest BCUT2D eigenvalue weighted by Gasteiger charge is -2.39. The number of nitrogens with one attached hydrogen (secondary N) is 1. The zero-order chi connectivity index (χ0) is 20.4. The second-order valence-electron chi connectivity index (χ2n) is 7.42. The number of alkyl carbamates (subject to hydrolysis) is 1. The van der Waals surface area contributed by atoms with Gasteiger partial charge < -0.3 is 15.0 Å². The lowest BCUT2D eigenvalue weighted by atomic mass is 9.99. The van der Waals surface area contributed by atoms with Gasteiger partial charge in [-0.15, -0.1) is 0 Å². The molecule has 0 saturated carbocycles. The first-order valence-corrected chi connectivity index (χ1v) is 8.71. The summed E-state index contributed by atoms with van der Waals surface area (Å²) in [5.74, 6) is -5.13. The monoisotopic (exact) mass is 407 g/mol. The van der Waals surface area contributed by atoms with Gasteiger partial charge in [-0.25, -0.2) is 22.9 Å². The van der Waals surface area contributed by atoms with E-state index in [1.807, 2.05) is 0 Å². The molecule has 1 N–H and O–H groups in total. The number of nitrogens with zero attached hydrogens (tertiary/aromatic N) is 2. The highest BCUT2D eigenvalue weighted by Crippen LogP contribution is 2.31. The van der Waals surface area contributed by atoms with Crippen LogP contribution in [0, 0.1) is 5.82 Å². The summed E-state index contributed by atoms with van der Waals surface area (Å²) in [6.07, 6.45) is -1.32. The van der Waals surface area contributed by atoms with Crippen LogP contribution in [-0.2, 0) is 4.74 Å². The summed E-state index contributed by atoms with van der Waals surface area (Å²) in [7, 11) is 0. The van der Waals surface area contributed by atoms with E-state index in [-0.39, 0.29) is 18.2 Å². The first-order valence-electron chi connectivity index (χ1n) is 8.34. The molecular formula is C17H21ClF3N3O3. The lowest BCUT2D eigenvalue weighted by Crippen LogP contribution is -2.54. The molecule has 150 valence electrons. The van der Waals surface area contributed by atoms with E-state index in [4.69, 9.17) is 16.3 Å². The van der Waals surface area contributed by atoms with Crippen molar-refractivity contribution in [2.24, 2.45) is 0 Å². The van der Waals surface area contributed by atoms with E-state index in [0.29, 0.717) is 0 Å². The number of amides is 2. The van der Waals surface area contributed by atoms with E-state index in [1.165, 1.54) is 0 Å². The summed E-state index contributed by atoms with van der Waals surface area (Å²) in [6.45, 7) is 4.02. The van der Waals surface area contributed by atoms with Crippen molar-refractivity contribution in [3.63, 3.8) is 0 Å². The van der Waals surface area contributed by atoms with Gasteiger partial charge in [-0.2, -0.15) is 0 Å². The minimum Gasteiger partial charge on any atom is -0.447 e. The molecule has 0 aliphatic carbocycles. The SMILES string of the molecule is CC(C)(C)NC(=O)OCC1CCC(F)(F)CN1C(=O)c1nc(Cl)ccc1F. The summed E-state index contributed by atoms with van der Waals surface area (Å²) >= 11 is 5.68. The number of alkyl halides is 2. The van der Waals surface area contributed by atoms with Crippen molar-refractivity contribution in [3.8, 4) is 0 Å². The number of ether oxygens (including phenoxy) is 1. The predicted molar refractivity (Wildman–Crippen MR) is 92.4 cm³/mol. The fourth-order valence-corrected chi connectivity index (χ4v) is 2.77. The van der Waals surface area contributed by atoms with Crippen molar-refractivity contribution >= 4 is 23.6 Å². The van der Waals surface area contributed by atoms with Gasteiger partial charge in [0.1, 0.15) is 11.8 Å². The predicted octanol–water partition coefficient (Wildman–Crippen LogP) is 3.64. The van der Waals surface area contributed by atoms with E-state index < -0.39 is 54.0 Å². The molecule has 0 radical (unpaired) electrons. The van der Waals surface area contributed by atoms with Crippen LogP contribution in [0.15, 0.2) is 12.1 Å². The summed E-state index contributed by atoms with van der Waals surface area (Å²) in [5.41, 5.74) is -1.19. The zero-order valence-corrected chi connectivity index (χ0v) is 15.9. The van der Waals surface area contributed by atoms with Crippen molar-refractivity contribution in [1.82, 2.24) is 15.2 Å². The first kappa shape index (κ1) is 21.3. The number of hydrogen-bond donors (Lipinski definition) is 1. The number of carbonyl (C=O) groups is 2. The summed E-state index contributed by atoms with van der Waals surface area (Å²) in [6, 6.07) is 1.26. The van der Waals surface area contributed by atoms with Crippen LogP contribution < -0.4 is 5.32 Å². The average molecular weight is 408 g/mol. The molecule has 0 spiro atoms. The quantitative estimate of drug-likeness (QED) is 0.776. The van der Waals surface area contributed by atoms with Gasteiger partial charge in [0, 0.05) is 12.0 Å². The van der Waals surface area contributed by atoms with E-state index in [2.05, 4.69) is 10.3 Å². The van der Waals surface area contributed by atoms with Crippen molar-refractivity contribution in [1.29, 1.82) is 0 Å². The lowest BCUT2D eigenvalue weighted by molar-refractivity contribution is -0.0793. The number of hydrogen-bond acceptors (Lipinski definition) is 4. The minimum absolute atomic E-state index is 0.107.